The summed E-state index contributed by atoms with van der Waals surface area (Å²) in [6, 6.07) is 0. The molecule has 0 rings (SSSR count). The highest BCUT2D eigenvalue weighted by Gasteiger charge is 2.31. The molecule has 0 spiro atoms. The Hall–Kier alpha value is -4.22. The van der Waals surface area contributed by atoms with Crippen LogP contribution in [0.5, 0.6) is 0 Å². The van der Waals surface area contributed by atoms with Crippen molar-refractivity contribution in [1.82, 2.24) is 0 Å². The summed E-state index contributed by atoms with van der Waals surface area (Å²) in [7, 11) is 0. The molecule has 0 unspecified atom stereocenters. The maximum absolute atomic E-state index is 12.2. The van der Waals surface area contributed by atoms with Gasteiger partial charge in [0.2, 0.25) is 0 Å². The van der Waals surface area contributed by atoms with Gasteiger partial charge in [0.1, 0.15) is 39.6 Å². The summed E-state index contributed by atoms with van der Waals surface area (Å²) in [6.07, 6.45) is 5.49. The van der Waals surface area contributed by atoms with Gasteiger partial charge in [-0.3, -0.25) is 9.59 Å². The van der Waals surface area contributed by atoms with Gasteiger partial charge < -0.3 is 28.4 Å². The van der Waals surface area contributed by atoms with Crippen molar-refractivity contribution < 1.29 is 57.2 Å². The van der Waals surface area contributed by atoms with E-state index < -0.39 is 46.6 Å². The molecule has 0 fully saturated rings. The van der Waals surface area contributed by atoms with Crippen LogP contribution in [0.4, 0.5) is 0 Å². The molecule has 12 heteroatoms. The lowest BCUT2D eigenvalue weighted by Gasteiger charge is -2.27. The fourth-order valence-corrected chi connectivity index (χ4v) is 2.84. The molecule has 0 atom stereocenters. The molecule has 0 aromatic carbocycles. The van der Waals surface area contributed by atoms with Gasteiger partial charge in [-0.25, -0.2) is 19.2 Å². The fourth-order valence-electron chi connectivity index (χ4n) is 2.84. The van der Waals surface area contributed by atoms with E-state index in [9.17, 15) is 28.8 Å². The zero-order chi connectivity index (χ0) is 31.3. The lowest BCUT2D eigenvalue weighted by Crippen LogP contribution is -2.36. The zero-order valence-electron chi connectivity index (χ0n) is 23.8. The third-order valence-electron chi connectivity index (χ3n) is 5.34. The second-order valence-electron chi connectivity index (χ2n) is 9.75. The highest BCUT2D eigenvalue weighted by molar-refractivity contribution is 5.82. The number of hydrogen-bond donors (Lipinski definition) is 0. The minimum atomic E-state index is -0.987. The average Bonchev–Trinajstić information content (AvgIpc) is 2.97. The first-order valence-electron chi connectivity index (χ1n) is 12.8. The molecule has 228 valence electrons. The molecule has 0 aromatic heterocycles. The summed E-state index contributed by atoms with van der Waals surface area (Å²) in [5, 5.41) is 0. The minimum Gasteiger partial charge on any atom is -0.465 e. The Morgan fingerprint density at radius 1 is 0.463 bits per heavy atom. The molecule has 0 aromatic rings. The van der Waals surface area contributed by atoms with E-state index >= 15 is 0 Å². The average molecular weight is 581 g/mol. The number of carbonyl (C=O) groups excluding carboxylic acids is 6. The number of unbranched alkanes of at least 4 members (excludes halogenated alkanes) is 2. The number of hydrogen-bond acceptors (Lipinski definition) is 12. The van der Waals surface area contributed by atoms with Crippen molar-refractivity contribution in [2.45, 2.75) is 46.0 Å². The van der Waals surface area contributed by atoms with Crippen molar-refractivity contribution in [2.24, 2.45) is 10.8 Å². The molecule has 0 bridgehead atoms. The van der Waals surface area contributed by atoms with E-state index in [1.165, 1.54) is 0 Å². The molecule has 41 heavy (non-hydrogen) atoms. The summed E-state index contributed by atoms with van der Waals surface area (Å²) in [4.78, 5) is 70.1. The standard InChI is InChI=1S/C29H40O12/c1-7-22(30)36-16-28(5,17-37-23(31)8-2)20-40-26(34)14-12-11-13-15-27(35)41-21-29(6,18-38-24(32)9-3)19-39-25(33)10-4/h7-10H,1-4,11-21H2,5-6H3. The van der Waals surface area contributed by atoms with E-state index in [0.29, 0.717) is 19.3 Å². The van der Waals surface area contributed by atoms with E-state index in [-0.39, 0.29) is 52.5 Å². The van der Waals surface area contributed by atoms with Gasteiger partial charge in [-0.05, 0) is 26.7 Å². The van der Waals surface area contributed by atoms with Crippen LogP contribution in [0, 0.1) is 10.8 Å². The molecule has 0 saturated heterocycles. The van der Waals surface area contributed by atoms with Gasteiger partial charge in [0.15, 0.2) is 0 Å². The van der Waals surface area contributed by atoms with Gasteiger partial charge >= 0.3 is 35.8 Å². The van der Waals surface area contributed by atoms with E-state index in [2.05, 4.69) is 26.3 Å². The van der Waals surface area contributed by atoms with Crippen LogP contribution in [0.1, 0.15) is 46.0 Å². The first-order chi connectivity index (χ1) is 19.3. The summed E-state index contributed by atoms with van der Waals surface area (Å²) in [6.45, 7) is 15.4. The van der Waals surface area contributed by atoms with Crippen LogP contribution in [0.25, 0.3) is 0 Å². The Labute approximate surface area is 240 Å². The van der Waals surface area contributed by atoms with Gasteiger partial charge in [-0.15, -0.1) is 0 Å². The predicted molar refractivity (Wildman–Crippen MR) is 146 cm³/mol. The van der Waals surface area contributed by atoms with Crippen molar-refractivity contribution >= 4 is 35.8 Å². The van der Waals surface area contributed by atoms with Crippen molar-refractivity contribution in [2.75, 3.05) is 39.6 Å². The molecule has 0 N–H and O–H groups in total. The number of rotatable bonds is 22. The molecule has 0 aliphatic rings. The maximum Gasteiger partial charge on any atom is 0.330 e. The van der Waals surface area contributed by atoms with Crippen LogP contribution in [-0.2, 0) is 57.2 Å². The van der Waals surface area contributed by atoms with Crippen LogP contribution in [-0.4, -0.2) is 75.5 Å². The smallest absolute Gasteiger partial charge is 0.330 e. The number of ether oxygens (including phenoxy) is 6. The number of carbonyl (C=O) groups is 6. The number of esters is 6. The summed E-state index contributed by atoms with van der Waals surface area (Å²) < 4.78 is 30.7. The van der Waals surface area contributed by atoms with Gasteiger partial charge in [0.25, 0.3) is 0 Å². The Balaban J connectivity index is 4.56. The van der Waals surface area contributed by atoms with Crippen LogP contribution in [0.3, 0.4) is 0 Å². The quantitative estimate of drug-likeness (QED) is 0.0799. The Morgan fingerprint density at radius 3 is 0.951 bits per heavy atom. The summed E-state index contributed by atoms with van der Waals surface area (Å²) >= 11 is 0. The molecular formula is C29H40O12. The minimum absolute atomic E-state index is 0.0748. The van der Waals surface area contributed by atoms with Gasteiger partial charge in [0.05, 0.1) is 10.8 Å². The third kappa shape index (κ3) is 17.9. The molecule has 0 heterocycles. The first kappa shape index (κ1) is 36.8. The van der Waals surface area contributed by atoms with Crippen molar-refractivity contribution in [3.63, 3.8) is 0 Å². The second kappa shape index (κ2) is 19.8. The van der Waals surface area contributed by atoms with Crippen LogP contribution >= 0.6 is 0 Å². The molecule has 12 nitrogen and oxygen atoms in total. The Kier molecular flexibility index (Phi) is 17.7. The van der Waals surface area contributed by atoms with Crippen molar-refractivity contribution in [3.05, 3.63) is 50.6 Å². The van der Waals surface area contributed by atoms with Crippen molar-refractivity contribution in [3.8, 4) is 0 Å². The molecule has 0 amide bonds. The van der Waals surface area contributed by atoms with Crippen molar-refractivity contribution in [1.29, 1.82) is 0 Å². The Morgan fingerprint density at radius 2 is 0.707 bits per heavy atom. The normalized spacial score (nSPS) is 10.8. The summed E-state index contributed by atoms with van der Waals surface area (Å²) in [5.41, 5.74) is -1.97. The lowest BCUT2D eigenvalue weighted by molar-refractivity contribution is -0.159. The van der Waals surface area contributed by atoms with Gasteiger partial charge in [0, 0.05) is 37.1 Å². The lowest BCUT2D eigenvalue weighted by atomic mass is 9.94. The van der Waals surface area contributed by atoms with E-state index in [1.807, 2.05) is 0 Å². The maximum atomic E-state index is 12.2. The Bertz CT molecular complexity index is 841. The van der Waals surface area contributed by atoms with E-state index in [0.717, 1.165) is 24.3 Å². The summed E-state index contributed by atoms with van der Waals surface area (Å²) in [5.74, 6) is -3.72. The molecule has 0 saturated carbocycles. The van der Waals surface area contributed by atoms with E-state index in [1.54, 1.807) is 13.8 Å². The van der Waals surface area contributed by atoms with Crippen LogP contribution < -0.4 is 0 Å². The fraction of sp³-hybridized carbons (Fsp3) is 0.517. The highest BCUT2D eigenvalue weighted by atomic mass is 16.6. The monoisotopic (exact) mass is 580 g/mol. The SMILES string of the molecule is C=CC(=O)OCC(C)(COC(=O)C=C)COC(=O)CCCCCC(=O)OCC(C)(COC(=O)C=C)COC(=O)C=C. The van der Waals surface area contributed by atoms with Crippen LogP contribution in [0.2, 0.25) is 0 Å². The molecule has 0 radical (unpaired) electrons. The predicted octanol–water partition coefficient (Wildman–Crippen LogP) is 2.95. The third-order valence-corrected chi connectivity index (χ3v) is 5.34. The molecular weight excluding hydrogens is 540 g/mol. The second-order valence-corrected chi connectivity index (χ2v) is 9.75. The van der Waals surface area contributed by atoms with E-state index in [4.69, 9.17) is 28.4 Å². The largest absolute Gasteiger partial charge is 0.465 e. The first-order valence-corrected chi connectivity index (χ1v) is 12.8. The molecule has 0 aliphatic carbocycles. The molecule has 0 aliphatic heterocycles. The van der Waals surface area contributed by atoms with Gasteiger partial charge in [-0.1, -0.05) is 32.7 Å². The zero-order valence-corrected chi connectivity index (χ0v) is 23.8. The van der Waals surface area contributed by atoms with Gasteiger partial charge in [-0.2, -0.15) is 0 Å². The topological polar surface area (TPSA) is 158 Å². The van der Waals surface area contributed by atoms with Crippen LogP contribution in [0.15, 0.2) is 50.6 Å². The highest BCUT2D eigenvalue weighted by Crippen LogP contribution is 2.21.